The van der Waals surface area contributed by atoms with Crippen LogP contribution in [-0.4, -0.2) is 18.7 Å². The van der Waals surface area contributed by atoms with Crippen molar-refractivity contribution in [2.45, 2.75) is 0 Å². The average Bonchev–Trinajstić information content (AvgIpc) is 1.61. The van der Waals surface area contributed by atoms with Gasteiger partial charge in [0, 0.05) is 6.54 Å². The van der Waals surface area contributed by atoms with Crippen LogP contribution in [0.15, 0.2) is 0 Å². The molecule has 0 aromatic rings. The minimum Gasteiger partial charge on any atom is -0.489 e. The molecule has 6 heavy (non-hydrogen) atoms. The average molecular weight is 105 g/mol. The highest BCUT2D eigenvalue weighted by Gasteiger charge is 1.69. The molecule has 0 radical (unpaired) electrons. The van der Waals surface area contributed by atoms with Gasteiger partial charge in [0.05, 0.1) is 0 Å². The summed E-state index contributed by atoms with van der Waals surface area (Å²) >= 11 is 4.31. The van der Waals surface area contributed by atoms with E-state index in [1.165, 1.54) is 5.55 Å². The highest BCUT2D eigenvalue weighted by atomic mass is 32.1. The van der Waals surface area contributed by atoms with Gasteiger partial charge in [-0.3, -0.25) is 0 Å². The molecule has 0 unspecified atom stereocenters. The van der Waals surface area contributed by atoms with Gasteiger partial charge >= 0.3 is 0 Å². The molecule has 0 spiro atoms. The Morgan fingerprint density at radius 1 is 1.83 bits per heavy atom. The Labute approximate surface area is 42.3 Å². The van der Waals surface area contributed by atoms with Crippen molar-refractivity contribution in [3.63, 3.8) is 0 Å². The summed E-state index contributed by atoms with van der Waals surface area (Å²) in [6.07, 6.45) is 0. The molecule has 0 amide bonds. The molecule has 0 heterocycles. The highest BCUT2D eigenvalue weighted by molar-refractivity contribution is 7.78. The van der Waals surface area contributed by atoms with Gasteiger partial charge in [0.25, 0.3) is 0 Å². The number of nitrogens with two attached hydrogens (primary N) is 1. The molecule has 3 heteroatoms. The highest BCUT2D eigenvalue weighted by Crippen LogP contribution is 1.60. The summed E-state index contributed by atoms with van der Waals surface area (Å²) in [7, 11) is 0. The number of rotatable bonds is 3. The van der Waals surface area contributed by atoms with Crippen LogP contribution in [0.3, 0.4) is 0 Å². The summed E-state index contributed by atoms with van der Waals surface area (Å²) in [6.45, 7) is 1.07. The van der Waals surface area contributed by atoms with Gasteiger partial charge in [-0.05, 0) is 12.2 Å². The van der Waals surface area contributed by atoms with Gasteiger partial charge in [-0.1, -0.05) is 0 Å². The van der Waals surface area contributed by atoms with Crippen LogP contribution in [0.5, 0.6) is 0 Å². The van der Waals surface area contributed by atoms with Crippen LogP contribution in [0, 0.1) is 0 Å². The van der Waals surface area contributed by atoms with Gasteiger partial charge in [0.15, 0.2) is 0 Å². The van der Waals surface area contributed by atoms with Crippen molar-refractivity contribution < 1.29 is 4.74 Å². The lowest BCUT2D eigenvalue weighted by molar-refractivity contribution is 0.338. The first kappa shape index (κ1) is 5.85. The van der Waals surface area contributed by atoms with Crippen molar-refractivity contribution in [1.29, 1.82) is 0 Å². The van der Waals surface area contributed by atoms with E-state index in [1.54, 1.807) is 0 Å². The maximum absolute atomic E-state index is 5.02. The maximum atomic E-state index is 5.02. The Morgan fingerprint density at radius 2 is 2.50 bits per heavy atom. The standard InChI is InChI=1S/C3H7NOS/c4-1-2-5-3-6/h3H,1-2,4H2. The van der Waals surface area contributed by atoms with Crippen LogP contribution in [0.25, 0.3) is 0 Å². The fourth-order valence-electron chi connectivity index (χ4n) is 0.116. The predicted molar refractivity (Wildman–Crippen MR) is 28.7 cm³/mol. The van der Waals surface area contributed by atoms with E-state index in [0.717, 1.165) is 0 Å². The van der Waals surface area contributed by atoms with Crippen LogP contribution in [0.4, 0.5) is 0 Å². The zero-order valence-corrected chi connectivity index (χ0v) is 4.20. The van der Waals surface area contributed by atoms with E-state index in [0.29, 0.717) is 13.2 Å². The zero-order valence-electron chi connectivity index (χ0n) is 3.39. The lowest BCUT2D eigenvalue weighted by Crippen LogP contribution is -2.06. The Balaban J connectivity index is 2.49. The lowest BCUT2D eigenvalue weighted by Gasteiger charge is -1.89. The molecule has 0 rings (SSSR count). The maximum Gasteiger partial charge on any atom is 0.146 e. The molecule has 2 nitrogen and oxygen atoms in total. The van der Waals surface area contributed by atoms with Crippen molar-refractivity contribution in [2.75, 3.05) is 13.2 Å². The van der Waals surface area contributed by atoms with Crippen molar-refractivity contribution in [1.82, 2.24) is 0 Å². The minimum absolute atomic E-state index is 0.531. The molecule has 0 saturated carbocycles. The monoisotopic (exact) mass is 105 g/mol. The van der Waals surface area contributed by atoms with E-state index in [9.17, 15) is 0 Å². The molecule has 0 atom stereocenters. The van der Waals surface area contributed by atoms with Crippen molar-refractivity contribution >= 4 is 17.8 Å². The van der Waals surface area contributed by atoms with E-state index in [1.807, 2.05) is 0 Å². The van der Waals surface area contributed by atoms with Gasteiger partial charge < -0.3 is 10.5 Å². The second kappa shape index (κ2) is 4.85. The van der Waals surface area contributed by atoms with Gasteiger partial charge in [-0.25, -0.2) is 0 Å². The molecule has 36 valence electrons. The molecular weight excluding hydrogens is 98.1 g/mol. The summed E-state index contributed by atoms with van der Waals surface area (Å²) in [5.74, 6) is 0. The SMILES string of the molecule is NCCOC=S. The Bertz CT molecular complexity index is 39.8. The summed E-state index contributed by atoms with van der Waals surface area (Å²) in [5.41, 5.74) is 6.24. The van der Waals surface area contributed by atoms with Gasteiger partial charge in [-0.15, -0.1) is 0 Å². The van der Waals surface area contributed by atoms with Gasteiger partial charge in [-0.2, -0.15) is 0 Å². The summed E-state index contributed by atoms with van der Waals surface area (Å²) in [4.78, 5) is 0. The van der Waals surface area contributed by atoms with Crippen molar-refractivity contribution in [2.24, 2.45) is 5.73 Å². The molecule has 0 aliphatic carbocycles. The number of thiocarbonyl (C=S) groups is 1. The fraction of sp³-hybridized carbons (Fsp3) is 0.667. The molecule has 0 bridgehead atoms. The summed E-state index contributed by atoms with van der Waals surface area (Å²) in [6, 6.07) is 0. The fourth-order valence-corrected chi connectivity index (χ4v) is 0.212. The largest absolute Gasteiger partial charge is 0.489 e. The van der Waals surface area contributed by atoms with E-state index >= 15 is 0 Å². The third kappa shape index (κ3) is 3.85. The second-order valence-electron chi connectivity index (χ2n) is 0.756. The molecule has 0 fully saturated rings. The van der Waals surface area contributed by atoms with Crippen LogP contribution in [-0.2, 0) is 4.74 Å². The summed E-state index contributed by atoms with van der Waals surface area (Å²) < 4.78 is 4.55. The number of hydrogen-bond donors (Lipinski definition) is 1. The summed E-state index contributed by atoms with van der Waals surface area (Å²) in [5, 5.41) is 0. The number of ether oxygens (including phenoxy) is 1. The van der Waals surface area contributed by atoms with E-state index in [4.69, 9.17) is 5.73 Å². The van der Waals surface area contributed by atoms with E-state index in [-0.39, 0.29) is 0 Å². The molecular formula is C3H7NOS. The van der Waals surface area contributed by atoms with Crippen LogP contribution < -0.4 is 5.73 Å². The van der Waals surface area contributed by atoms with Crippen molar-refractivity contribution in [3.8, 4) is 0 Å². The third-order valence-electron chi connectivity index (χ3n) is 0.304. The topological polar surface area (TPSA) is 35.2 Å². The Morgan fingerprint density at radius 3 is 2.67 bits per heavy atom. The molecule has 0 aliphatic rings. The third-order valence-corrected chi connectivity index (χ3v) is 0.440. The Hall–Kier alpha value is -0.150. The quantitative estimate of drug-likeness (QED) is 0.402. The first-order chi connectivity index (χ1) is 2.91. The van der Waals surface area contributed by atoms with Crippen LogP contribution >= 0.6 is 12.2 Å². The second-order valence-corrected chi connectivity index (χ2v) is 0.948. The minimum atomic E-state index is 0.531. The first-order valence-electron chi connectivity index (χ1n) is 1.67. The zero-order chi connectivity index (χ0) is 4.83. The lowest BCUT2D eigenvalue weighted by atomic mass is 10.7. The molecule has 0 saturated heterocycles. The van der Waals surface area contributed by atoms with Crippen molar-refractivity contribution in [3.05, 3.63) is 0 Å². The molecule has 0 aliphatic heterocycles. The molecule has 0 aromatic heterocycles. The number of hydrogen-bond acceptors (Lipinski definition) is 3. The first-order valence-corrected chi connectivity index (χ1v) is 2.14. The molecule has 2 N–H and O–H groups in total. The predicted octanol–water partition coefficient (Wildman–Crippen LogP) is -0.0811. The van der Waals surface area contributed by atoms with Crippen LogP contribution in [0.2, 0.25) is 0 Å². The molecule has 0 aromatic carbocycles. The van der Waals surface area contributed by atoms with Gasteiger partial charge in [0.2, 0.25) is 0 Å². The van der Waals surface area contributed by atoms with E-state index < -0.39 is 0 Å². The van der Waals surface area contributed by atoms with Crippen LogP contribution in [0.1, 0.15) is 0 Å². The van der Waals surface area contributed by atoms with E-state index in [2.05, 4.69) is 17.0 Å². The van der Waals surface area contributed by atoms with Gasteiger partial charge in [0.1, 0.15) is 12.2 Å². The normalized spacial score (nSPS) is 7.50. The smallest absolute Gasteiger partial charge is 0.146 e. The Kier molecular flexibility index (Phi) is 4.73.